The molecule has 5 nitrogen and oxygen atoms in total. The third-order valence-electron chi connectivity index (χ3n) is 2.38. The van der Waals surface area contributed by atoms with Crippen molar-refractivity contribution in [2.75, 3.05) is 0 Å². The lowest BCUT2D eigenvalue weighted by molar-refractivity contribution is -0.384. The van der Waals surface area contributed by atoms with E-state index in [0.29, 0.717) is 10.7 Å². The van der Waals surface area contributed by atoms with Crippen molar-refractivity contribution in [1.29, 1.82) is 0 Å². The third-order valence-corrected chi connectivity index (χ3v) is 2.62. The summed E-state index contributed by atoms with van der Waals surface area (Å²) in [6.45, 7) is 0. The van der Waals surface area contributed by atoms with Crippen molar-refractivity contribution in [3.05, 3.63) is 63.2 Å². The van der Waals surface area contributed by atoms with Crippen LogP contribution in [0.3, 0.4) is 0 Å². The van der Waals surface area contributed by atoms with Crippen molar-refractivity contribution in [3.8, 4) is 5.75 Å². The van der Waals surface area contributed by atoms with Crippen LogP contribution in [0.2, 0.25) is 5.02 Å². The Kier molecular flexibility index (Phi) is 3.77. The van der Waals surface area contributed by atoms with E-state index in [1.807, 2.05) is 0 Å². The SMILES string of the molecule is O=[N+]([O-])c1ccc(O)c(/C=N/c2cccc(Cl)c2)c1. The Hall–Kier alpha value is -2.40. The van der Waals surface area contributed by atoms with Crippen LogP contribution >= 0.6 is 11.6 Å². The van der Waals surface area contributed by atoms with E-state index in [9.17, 15) is 15.2 Å². The molecule has 6 heteroatoms. The largest absolute Gasteiger partial charge is 0.507 e. The Balaban J connectivity index is 2.32. The van der Waals surface area contributed by atoms with Crippen molar-refractivity contribution < 1.29 is 10.0 Å². The van der Waals surface area contributed by atoms with Crippen LogP contribution in [0.15, 0.2) is 47.5 Å². The molecule has 0 aliphatic carbocycles. The normalized spacial score (nSPS) is 10.8. The number of hydrogen-bond acceptors (Lipinski definition) is 4. The number of phenols is 1. The number of rotatable bonds is 3. The van der Waals surface area contributed by atoms with Crippen LogP contribution in [0.5, 0.6) is 5.75 Å². The van der Waals surface area contributed by atoms with Crippen LogP contribution in [0.4, 0.5) is 11.4 Å². The number of non-ortho nitro benzene ring substituents is 1. The lowest BCUT2D eigenvalue weighted by Gasteiger charge is -1.99. The number of nitro benzene ring substituents is 1. The molecule has 0 fully saturated rings. The van der Waals surface area contributed by atoms with Gasteiger partial charge in [0, 0.05) is 28.9 Å². The Morgan fingerprint density at radius 1 is 1.26 bits per heavy atom. The lowest BCUT2D eigenvalue weighted by atomic mass is 10.2. The highest BCUT2D eigenvalue weighted by Gasteiger charge is 2.08. The zero-order valence-electron chi connectivity index (χ0n) is 9.65. The first-order valence-electron chi connectivity index (χ1n) is 5.33. The molecule has 0 saturated carbocycles. The molecular formula is C13H9ClN2O3. The van der Waals surface area contributed by atoms with Gasteiger partial charge in [0.05, 0.1) is 10.6 Å². The number of aromatic hydroxyl groups is 1. The number of halogens is 1. The highest BCUT2D eigenvalue weighted by atomic mass is 35.5. The smallest absolute Gasteiger partial charge is 0.270 e. The fourth-order valence-corrected chi connectivity index (χ4v) is 1.64. The molecule has 0 heterocycles. The van der Waals surface area contributed by atoms with E-state index >= 15 is 0 Å². The lowest BCUT2D eigenvalue weighted by Crippen LogP contribution is -1.90. The molecule has 0 unspecified atom stereocenters. The van der Waals surface area contributed by atoms with Gasteiger partial charge in [0.25, 0.3) is 5.69 Å². The number of benzene rings is 2. The maximum absolute atomic E-state index is 10.6. The first-order chi connectivity index (χ1) is 9.06. The predicted octanol–water partition coefficient (Wildman–Crippen LogP) is 3.70. The monoisotopic (exact) mass is 276 g/mol. The molecule has 0 bridgehead atoms. The van der Waals surface area contributed by atoms with Gasteiger partial charge in [-0.05, 0) is 24.3 Å². The molecular weight excluding hydrogens is 268 g/mol. The molecule has 2 aromatic carbocycles. The quantitative estimate of drug-likeness (QED) is 0.527. The average Bonchev–Trinajstić information content (AvgIpc) is 2.37. The van der Waals surface area contributed by atoms with Crippen LogP contribution in [-0.2, 0) is 0 Å². The van der Waals surface area contributed by atoms with Crippen LogP contribution in [-0.4, -0.2) is 16.2 Å². The molecule has 96 valence electrons. The summed E-state index contributed by atoms with van der Waals surface area (Å²) in [5.74, 6) is -0.0728. The zero-order valence-corrected chi connectivity index (χ0v) is 10.4. The van der Waals surface area contributed by atoms with Gasteiger partial charge >= 0.3 is 0 Å². The highest BCUT2D eigenvalue weighted by Crippen LogP contribution is 2.23. The number of aliphatic imine (C=N–C) groups is 1. The second-order valence-electron chi connectivity index (χ2n) is 3.74. The van der Waals surface area contributed by atoms with E-state index < -0.39 is 4.92 Å². The summed E-state index contributed by atoms with van der Waals surface area (Å²) in [6, 6.07) is 10.6. The maximum Gasteiger partial charge on any atom is 0.270 e. The molecule has 2 aromatic rings. The zero-order chi connectivity index (χ0) is 13.8. The van der Waals surface area contributed by atoms with Gasteiger partial charge in [-0.2, -0.15) is 0 Å². The van der Waals surface area contributed by atoms with Crippen molar-refractivity contribution in [2.24, 2.45) is 4.99 Å². The Morgan fingerprint density at radius 2 is 2.05 bits per heavy atom. The van der Waals surface area contributed by atoms with E-state index in [-0.39, 0.29) is 17.0 Å². The number of nitrogens with zero attached hydrogens (tertiary/aromatic N) is 2. The number of phenolic OH excluding ortho intramolecular Hbond substituents is 1. The van der Waals surface area contributed by atoms with Gasteiger partial charge in [0.1, 0.15) is 5.75 Å². The van der Waals surface area contributed by atoms with Crippen molar-refractivity contribution in [3.63, 3.8) is 0 Å². The highest BCUT2D eigenvalue weighted by molar-refractivity contribution is 6.30. The topological polar surface area (TPSA) is 75.7 Å². The van der Waals surface area contributed by atoms with E-state index in [2.05, 4.69) is 4.99 Å². The first kappa shape index (κ1) is 13.0. The van der Waals surface area contributed by atoms with E-state index in [1.54, 1.807) is 24.3 Å². The summed E-state index contributed by atoms with van der Waals surface area (Å²) in [4.78, 5) is 14.2. The Bertz CT molecular complexity index is 656. The second-order valence-corrected chi connectivity index (χ2v) is 4.17. The molecule has 1 N–H and O–H groups in total. The summed E-state index contributed by atoms with van der Waals surface area (Å²) >= 11 is 5.81. The van der Waals surface area contributed by atoms with Crippen molar-refractivity contribution in [1.82, 2.24) is 0 Å². The fourth-order valence-electron chi connectivity index (χ4n) is 1.46. The summed E-state index contributed by atoms with van der Waals surface area (Å²) in [5, 5.41) is 20.8. The first-order valence-corrected chi connectivity index (χ1v) is 5.71. The summed E-state index contributed by atoms with van der Waals surface area (Å²) < 4.78 is 0. The van der Waals surface area contributed by atoms with Gasteiger partial charge in [-0.1, -0.05) is 17.7 Å². The summed E-state index contributed by atoms with van der Waals surface area (Å²) in [7, 11) is 0. The summed E-state index contributed by atoms with van der Waals surface area (Å²) in [6.07, 6.45) is 1.36. The minimum atomic E-state index is -0.532. The molecule has 0 amide bonds. The summed E-state index contributed by atoms with van der Waals surface area (Å²) in [5.41, 5.74) is 0.762. The van der Waals surface area contributed by atoms with Gasteiger partial charge in [-0.3, -0.25) is 15.1 Å². The molecule has 0 aromatic heterocycles. The maximum atomic E-state index is 10.6. The second kappa shape index (κ2) is 5.49. The molecule has 0 atom stereocenters. The van der Waals surface area contributed by atoms with Gasteiger partial charge in [-0.15, -0.1) is 0 Å². The third kappa shape index (κ3) is 3.29. The van der Waals surface area contributed by atoms with E-state index in [1.165, 1.54) is 24.4 Å². The molecule has 19 heavy (non-hydrogen) atoms. The number of nitro groups is 1. The Morgan fingerprint density at radius 3 is 2.74 bits per heavy atom. The Labute approximate surface area is 113 Å². The van der Waals surface area contributed by atoms with Gasteiger partial charge in [0.15, 0.2) is 0 Å². The average molecular weight is 277 g/mol. The van der Waals surface area contributed by atoms with Gasteiger partial charge < -0.3 is 5.11 Å². The van der Waals surface area contributed by atoms with E-state index in [4.69, 9.17) is 11.6 Å². The molecule has 0 radical (unpaired) electrons. The molecule has 0 aliphatic rings. The molecule has 0 saturated heterocycles. The minimum Gasteiger partial charge on any atom is -0.507 e. The van der Waals surface area contributed by atoms with Crippen LogP contribution in [0.25, 0.3) is 0 Å². The predicted molar refractivity (Wildman–Crippen MR) is 73.5 cm³/mol. The standard InChI is InChI=1S/C13H9ClN2O3/c14-10-2-1-3-11(7-10)15-8-9-6-12(16(18)19)4-5-13(9)17/h1-8,17H/b15-8+. The minimum absolute atomic E-state index is 0.0728. The van der Waals surface area contributed by atoms with Crippen LogP contribution < -0.4 is 0 Å². The van der Waals surface area contributed by atoms with Gasteiger partial charge in [-0.25, -0.2) is 0 Å². The van der Waals surface area contributed by atoms with E-state index in [0.717, 1.165) is 0 Å². The molecule has 0 aliphatic heterocycles. The van der Waals surface area contributed by atoms with Crippen molar-refractivity contribution >= 4 is 29.2 Å². The van der Waals surface area contributed by atoms with Crippen molar-refractivity contribution in [2.45, 2.75) is 0 Å². The van der Waals surface area contributed by atoms with Crippen LogP contribution in [0.1, 0.15) is 5.56 Å². The van der Waals surface area contributed by atoms with Gasteiger partial charge in [0.2, 0.25) is 0 Å². The fraction of sp³-hybridized carbons (Fsp3) is 0. The molecule has 2 rings (SSSR count). The van der Waals surface area contributed by atoms with Crippen LogP contribution in [0, 0.1) is 10.1 Å². The number of hydrogen-bond donors (Lipinski definition) is 1. The molecule has 0 spiro atoms.